The van der Waals surface area contributed by atoms with Crippen molar-refractivity contribution in [1.29, 1.82) is 0 Å². The summed E-state index contributed by atoms with van der Waals surface area (Å²) < 4.78 is 10.1. The van der Waals surface area contributed by atoms with E-state index in [1.54, 1.807) is 48.5 Å². The Morgan fingerprint density at radius 1 is 0.889 bits per heavy atom. The maximum absolute atomic E-state index is 12.6. The summed E-state index contributed by atoms with van der Waals surface area (Å²) in [4.78, 5) is 46.8. The molecule has 0 amide bonds. The van der Waals surface area contributed by atoms with Crippen molar-refractivity contribution >= 4 is 24.0 Å². The van der Waals surface area contributed by atoms with Gasteiger partial charge in [-0.05, 0) is 13.0 Å². The van der Waals surface area contributed by atoms with Gasteiger partial charge in [0.2, 0.25) is 0 Å². The summed E-state index contributed by atoms with van der Waals surface area (Å²) >= 11 is 0. The van der Waals surface area contributed by atoms with Gasteiger partial charge in [0.25, 0.3) is 0 Å². The minimum Gasteiger partial charge on any atom is -0.465 e. The molecule has 6 heteroatoms. The first kappa shape index (κ1) is 20.0. The van der Waals surface area contributed by atoms with Crippen LogP contribution in [0, 0.1) is 5.92 Å². The second kappa shape index (κ2) is 10.0. The van der Waals surface area contributed by atoms with Crippen LogP contribution in [0.2, 0.25) is 0 Å². The number of benzene rings is 2. The summed E-state index contributed by atoms with van der Waals surface area (Å²) in [5.74, 6) is -2.32. The predicted molar refractivity (Wildman–Crippen MR) is 97.4 cm³/mol. The zero-order chi connectivity index (χ0) is 19.6. The molecule has 27 heavy (non-hydrogen) atoms. The van der Waals surface area contributed by atoms with E-state index in [1.807, 2.05) is 0 Å². The average Bonchev–Trinajstić information content (AvgIpc) is 2.72. The van der Waals surface area contributed by atoms with Gasteiger partial charge in [-0.2, -0.15) is 0 Å². The average molecular weight is 368 g/mol. The molecule has 0 saturated carbocycles. The van der Waals surface area contributed by atoms with Gasteiger partial charge < -0.3 is 14.3 Å². The van der Waals surface area contributed by atoms with Crippen LogP contribution >= 0.6 is 0 Å². The van der Waals surface area contributed by atoms with Gasteiger partial charge in [-0.3, -0.25) is 9.59 Å². The summed E-state index contributed by atoms with van der Waals surface area (Å²) in [6.07, 6.45) is 0.793. The van der Waals surface area contributed by atoms with Crippen molar-refractivity contribution in [2.75, 3.05) is 13.2 Å². The van der Waals surface area contributed by atoms with Gasteiger partial charge in [-0.15, -0.1) is 0 Å². The van der Waals surface area contributed by atoms with Crippen LogP contribution in [0.5, 0.6) is 0 Å². The van der Waals surface area contributed by atoms with Crippen LogP contribution in [0.1, 0.15) is 39.6 Å². The number of aldehydes is 1. The van der Waals surface area contributed by atoms with Crippen molar-refractivity contribution in [3.63, 3.8) is 0 Å². The van der Waals surface area contributed by atoms with Gasteiger partial charge in [-0.1, -0.05) is 48.5 Å². The first-order valence-corrected chi connectivity index (χ1v) is 8.52. The van der Waals surface area contributed by atoms with Crippen molar-refractivity contribution in [3.05, 3.63) is 71.3 Å². The van der Waals surface area contributed by atoms with E-state index in [4.69, 9.17) is 9.47 Å². The Balaban J connectivity index is 1.93. The lowest BCUT2D eigenvalue weighted by atomic mass is 9.98. The van der Waals surface area contributed by atoms with Gasteiger partial charge in [-0.25, -0.2) is 4.79 Å². The highest BCUT2D eigenvalue weighted by molar-refractivity contribution is 6.14. The zero-order valence-corrected chi connectivity index (χ0v) is 14.9. The maximum atomic E-state index is 12.6. The Morgan fingerprint density at radius 3 is 2.15 bits per heavy atom. The number of ketones is 1. The standard InChI is InChI=1S/C21H20O6/c1-15(14-22)20(24)26-12-7-13-27-21(25)18-11-6-5-10-17(18)19(23)16-8-3-2-4-9-16/h2-6,8-11,14-15H,7,12-13H2,1H3. The number of hydrogen-bond acceptors (Lipinski definition) is 6. The van der Waals surface area contributed by atoms with E-state index in [0.29, 0.717) is 11.8 Å². The molecule has 2 rings (SSSR count). The van der Waals surface area contributed by atoms with Crippen molar-refractivity contribution in [2.45, 2.75) is 13.3 Å². The molecular formula is C21H20O6. The lowest BCUT2D eigenvalue weighted by Crippen LogP contribution is -2.18. The summed E-state index contributed by atoms with van der Waals surface area (Å²) in [7, 11) is 0. The molecule has 0 saturated heterocycles. The van der Waals surface area contributed by atoms with E-state index in [9.17, 15) is 19.2 Å². The highest BCUT2D eigenvalue weighted by Gasteiger charge is 2.19. The van der Waals surface area contributed by atoms with E-state index in [-0.39, 0.29) is 36.5 Å². The highest BCUT2D eigenvalue weighted by Crippen LogP contribution is 2.16. The van der Waals surface area contributed by atoms with E-state index < -0.39 is 17.9 Å². The first-order chi connectivity index (χ1) is 13.0. The monoisotopic (exact) mass is 368 g/mol. The lowest BCUT2D eigenvalue weighted by molar-refractivity contribution is -0.149. The highest BCUT2D eigenvalue weighted by atomic mass is 16.5. The number of hydrogen-bond donors (Lipinski definition) is 0. The fourth-order valence-electron chi connectivity index (χ4n) is 2.27. The molecule has 2 aromatic rings. The molecule has 6 nitrogen and oxygen atoms in total. The summed E-state index contributed by atoms with van der Waals surface area (Å²) in [5, 5.41) is 0. The Hall–Kier alpha value is -3.28. The van der Waals surface area contributed by atoms with E-state index in [2.05, 4.69) is 0 Å². The van der Waals surface area contributed by atoms with Gasteiger partial charge in [0.1, 0.15) is 12.2 Å². The molecule has 0 heterocycles. The SMILES string of the molecule is CC(C=O)C(=O)OCCCOC(=O)c1ccccc1C(=O)c1ccccc1. The normalized spacial score (nSPS) is 11.3. The van der Waals surface area contributed by atoms with Gasteiger partial charge in [0.15, 0.2) is 5.78 Å². The van der Waals surface area contributed by atoms with Crippen LogP contribution < -0.4 is 0 Å². The number of esters is 2. The molecule has 0 aliphatic heterocycles. The third-order valence-electron chi connectivity index (χ3n) is 3.77. The minimum absolute atomic E-state index is 0.0233. The van der Waals surface area contributed by atoms with Crippen molar-refractivity contribution < 1.29 is 28.7 Å². The molecule has 0 fully saturated rings. The Labute approximate surface area is 157 Å². The third-order valence-corrected chi connectivity index (χ3v) is 3.77. The quantitative estimate of drug-likeness (QED) is 0.222. The zero-order valence-electron chi connectivity index (χ0n) is 14.9. The summed E-state index contributed by atoms with van der Waals surface area (Å²) in [6, 6.07) is 15.1. The van der Waals surface area contributed by atoms with E-state index in [0.717, 1.165) is 0 Å². The molecule has 0 bridgehead atoms. The number of carbonyl (C=O) groups excluding carboxylic acids is 4. The number of ether oxygens (including phenoxy) is 2. The molecule has 0 N–H and O–H groups in total. The molecule has 140 valence electrons. The molecule has 1 unspecified atom stereocenters. The molecule has 2 aromatic carbocycles. The topological polar surface area (TPSA) is 86.7 Å². The van der Waals surface area contributed by atoms with Crippen LogP contribution in [-0.2, 0) is 19.1 Å². The molecule has 0 spiro atoms. The van der Waals surface area contributed by atoms with Crippen molar-refractivity contribution in [2.24, 2.45) is 5.92 Å². The van der Waals surface area contributed by atoms with Gasteiger partial charge >= 0.3 is 11.9 Å². The maximum Gasteiger partial charge on any atom is 0.338 e. The first-order valence-electron chi connectivity index (χ1n) is 8.52. The van der Waals surface area contributed by atoms with Crippen LogP contribution in [0.15, 0.2) is 54.6 Å². The fourth-order valence-corrected chi connectivity index (χ4v) is 2.27. The second-order valence-corrected chi connectivity index (χ2v) is 5.82. The number of carbonyl (C=O) groups is 4. The number of rotatable bonds is 9. The third kappa shape index (κ3) is 5.60. The molecule has 1 atom stereocenters. The van der Waals surface area contributed by atoms with Crippen molar-refractivity contribution in [3.8, 4) is 0 Å². The smallest absolute Gasteiger partial charge is 0.338 e. The Morgan fingerprint density at radius 2 is 1.48 bits per heavy atom. The van der Waals surface area contributed by atoms with Crippen LogP contribution in [0.3, 0.4) is 0 Å². The van der Waals surface area contributed by atoms with Gasteiger partial charge in [0, 0.05) is 17.5 Å². The second-order valence-electron chi connectivity index (χ2n) is 5.82. The largest absolute Gasteiger partial charge is 0.465 e. The molecule has 0 aliphatic carbocycles. The molecule has 0 aliphatic rings. The van der Waals surface area contributed by atoms with Crippen LogP contribution in [0.25, 0.3) is 0 Å². The van der Waals surface area contributed by atoms with Crippen LogP contribution in [0.4, 0.5) is 0 Å². The van der Waals surface area contributed by atoms with Crippen molar-refractivity contribution in [1.82, 2.24) is 0 Å². The summed E-state index contributed by atoms with van der Waals surface area (Å²) in [5.41, 5.74) is 0.923. The summed E-state index contributed by atoms with van der Waals surface area (Å²) in [6.45, 7) is 1.50. The predicted octanol–water partition coefficient (Wildman–Crippen LogP) is 2.84. The minimum atomic E-state index is -0.816. The van der Waals surface area contributed by atoms with Crippen LogP contribution in [-0.4, -0.2) is 37.2 Å². The molecular weight excluding hydrogens is 348 g/mol. The van der Waals surface area contributed by atoms with Gasteiger partial charge in [0.05, 0.1) is 18.8 Å². The lowest BCUT2D eigenvalue weighted by Gasteiger charge is -2.10. The van der Waals surface area contributed by atoms with E-state index >= 15 is 0 Å². The Kier molecular flexibility index (Phi) is 7.43. The fraction of sp³-hybridized carbons (Fsp3) is 0.238. The Bertz CT molecular complexity index is 812. The van der Waals surface area contributed by atoms with E-state index in [1.165, 1.54) is 13.0 Å². The molecule has 0 radical (unpaired) electrons. The molecule has 0 aromatic heterocycles.